The zero-order valence-electron chi connectivity index (χ0n) is 8.74. The highest BCUT2D eigenvalue weighted by molar-refractivity contribution is 6.31. The van der Waals surface area contributed by atoms with Crippen LogP contribution in [0.3, 0.4) is 0 Å². The molecule has 0 aliphatic heterocycles. The SMILES string of the molecule is CN(CC1CC1)c1cc(Cl)ccc1C=O. The summed E-state index contributed by atoms with van der Waals surface area (Å²) >= 11 is 5.93. The molecular formula is C12H14ClNO. The van der Waals surface area contributed by atoms with E-state index in [-0.39, 0.29) is 0 Å². The van der Waals surface area contributed by atoms with E-state index in [0.29, 0.717) is 10.6 Å². The van der Waals surface area contributed by atoms with Gasteiger partial charge in [0.15, 0.2) is 6.29 Å². The smallest absolute Gasteiger partial charge is 0.152 e. The Morgan fingerprint density at radius 2 is 2.27 bits per heavy atom. The summed E-state index contributed by atoms with van der Waals surface area (Å²) < 4.78 is 0. The van der Waals surface area contributed by atoms with Crippen LogP contribution in [0.1, 0.15) is 23.2 Å². The molecule has 1 fully saturated rings. The molecule has 15 heavy (non-hydrogen) atoms. The van der Waals surface area contributed by atoms with Crippen molar-refractivity contribution in [3.63, 3.8) is 0 Å². The van der Waals surface area contributed by atoms with Gasteiger partial charge < -0.3 is 4.90 Å². The number of benzene rings is 1. The second kappa shape index (κ2) is 4.23. The zero-order valence-corrected chi connectivity index (χ0v) is 9.50. The van der Waals surface area contributed by atoms with Crippen molar-refractivity contribution in [2.45, 2.75) is 12.8 Å². The fourth-order valence-corrected chi connectivity index (χ4v) is 1.90. The van der Waals surface area contributed by atoms with Crippen LogP contribution < -0.4 is 4.90 Å². The van der Waals surface area contributed by atoms with Gasteiger partial charge in [0.1, 0.15) is 0 Å². The minimum Gasteiger partial charge on any atom is -0.374 e. The average molecular weight is 224 g/mol. The lowest BCUT2D eigenvalue weighted by Crippen LogP contribution is -2.21. The number of nitrogens with zero attached hydrogens (tertiary/aromatic N) is 1. The largest absolute Gasteiger partial charge is 0.374 e. The first-order valence-electron chi connectivity index (χ1n) is 5.16. The summed E-state index contributed by atoms with van der Waals surface area (Å²) in [7, 11) is 2.01. The number of aldehydes is 1. The molecular weight excluding hydrogens is 210 g/mol. The lowest BCUT2D eigenvalue weighted by atomic mass is 10.1. The highest BCUT2D eigenvalue weighted by Gasteiger charge is 2.23. The van der Waals surface area contributed by atoms with Gasteiger partial charge in [-0.15, -0.1) is 0 Å². The van der Waals surface area contributed by atoms with Gasteiger partial charge in [-0.05, 0) is 37.0 Å². The third-order valence-corrected chi connectivity index (χ3v) is 2.99. The molecule has 2 nitrogen and oxygen atoms in total. The third kappa shape index (κ3) is 2.51. The van der Waals surface area contributed by atoms with Gasteiger partial charge in [-0.1, -0.05) is 11.6 Å². The predicted octanol–water partition coefficient (Wildman–Crippen LogP) is 3.00. The monoisotopic (exact) mass is 223 g/mol. The maximum absolute atomic E-state index is 10.9. The van der Waals surface area contributed by atoms with Crippen LogP contribution in [-0.4, -0.2) is 19.9 Å². The van der Waals surface area contributed by atoms with E-state index in [9.17, 15) is 4.79 Å². The molecule has 0 N–H and O–H groups in total. The standard InChI is InChI=1S/C12H14ClNO/c1-14(7-9-2-3-9)12-6-11(13)5-4-10(12)8-15/h4-6,8-9H,2-3,7H2,1H3. The zero-order chi connectivity index (χ0) is 10.8. The minimum atomic E-state index is 0.679. The molecule has 0 unspecified atom stereocenters. The number of anilines is 1. The summed E-state index contributed by atoms with van der Waals surface area (Å²) in [6.45, 7) is 1.02. The van der Waals surface area contributed by atoms with E-state index in [4.69, 9.17) is 11.6 Å². The molecule has 0 atom stereocenters. The molecule has 0 amide bonds. The molecule has 0 saturated heterocycles. The number of carbonyl (C=O) groups excluding carboxylic acids is 1. The summed E-state index contributed by atoms with van der Waals surface area (Å²) in [6, 6.07) is 5.38. The molecule has 0 radical (unpaired) electrons. The van der Waals surface area contributed by atoms with E-state index >= 15 is 0 Å². The van der Waals surface area contributed by atoms with Gasteiger partial charge in [0.2, 0.25) is 0 Å². The summed E-state index contributed by atoms with van der Waals surface area (Å²) in [5, 5.41) is 0.679. The number of halogens is 1. The maximum atomic E-state index is 10.9. The van der Waals surface area contributed by atoms with Crippen molar-refractivity contribution < 1.29 is 4.79 Å². The highest BCUT2D eigenvalue weighted by Crippen LogP contribution is 2.32. The maximum Gasteiger partial charge on any atom is 0.152 e. The van der Waals surface area contributed by atoms with Gasteiger partial charge in [0, 0.05) is 29.9 Å². The molecule has 1 aromatic carbocycles. The van der Waals surface area contributed by atoms with Crippen LogP contribution in [0, 0.1) is 5.92 Å². The Morgan fingerprint density at radius 3 is 2.87 bits per heavy atom. The van der Waals surface area contributed by atoms with E-state index in [1.807, 2.05) is 13.1 Å². The van der Waals surface area contributed by atoms with Gasteiger partial charge in [-0.2, -0.15) is 0 Å². The average Bonchev–Trinajstić information content (AvgIpc) is 3.01. The lowest BCUT2D eigenvalue weighted by molar-refractivity contribution is 0.112. The fourth-order valence-electron chi connectivity index (χ4n) is 1.73. The molecule has 1 aliphatic carbocycles. The summed E-state index contributed by atoms with van der Waals surface area (Å²) in [5.74, 6) is 0.800. The van der Waals surface area contributed by atoms with Crippen molar-refractivity contribution in [3.05, 3.63) is 28.8 Å². The van der Waals surface area contributed by atoms with Crippen LogP contribution in [0.15, 0.2) is 18.2 Å². The van der Waals surface area contributed by atoms with E-state index in [1.54, 1.807) is 12.1 Å². The van der Waals surface area contributed by atoms with Crippen LogP contribution in [0.2, 0.25) is 5.02 Å². The Bertz CT molecular complexity index is 374. The molecule has 0 heterocycles. The Balaban J connectivity index is 2.22. The number of hydrogen-bond acceptors (Lipinski definition) is 2. The molecule has 2 rings (SSSR count). The van der Waals surface area contributed by atoms with E-state index in [1.165, 1.54) is 12.8 Å². The fraction of sp³-hybridized carbons (Fsp3) is 0.417. The van der Waals surface area contributed by atoms with Crippen LogP contribution in [-0.2, 0) is 0 Å². The highest BCUT2D eigenvalue weighted by atomic mass is 35.5. The Labute approximate surface area is 94.8 Å². The normalized spacial score (nSPS) is 15.1. The van der Waals surface area contributed by atoms with E-state index in [2.05, 4.69) is 4.90 Å². The van der Waals surface area contributed by atoms with Gasteiger partial charge in [0.05, 0.1) is 0 Å². The molecule has 0 spiro atoms. The van der Waals surface area contributed by atoms with Gasteiger partial charge in [0.25, 0.3) is 0 Å². The molecule has 1 saturated carbocycles. The van der Waals surface area contributed by atoms with Gasteiger partial charge in [-0.25, -0.2) is 0 Å². The number of hydrogen-bond donors (Lipinski definition) is 0. The topological polar surface area (TPSA) is 20.3 Å². The summed E-state index contributed by atoms with van der Waals surface area (Å²) in [4.78, 5) is 13.0. The minimum absolute atomic E-state index is 0.679. The van der Waals surface area contributed by atoms with Crippen molar-refractivity contribution in [1.82, 2.24) is 0 Å². The van der Waals surface area contributed by atoms with E-state index < -0.39 is 0 Å². The van der Waals surface area contributed by atoms with Crippen LogP contribution >= 0.6 is 11.6 Å². The molecule has 0 aromatic heterocycles. The van der Waals surface area contributed by atoms with Crippen molar-refractivity contribution in [2.24, 2.45) is 5.92 Å². The van der Waals surface area contributed by atoms with Gasteiger partial charge in [-0.3, -0.25) is 4.79 Å². The Hall–Kier alpha value is -1.02. The first-order valence-corrected chi connectivity index (χ1v) is 5.54. The quantitative estimate of drug-likeness (QED) is 0.732. The summed E-state index contributed by atoms with van der Waals surface area (Å²) in [6.07, 6.45) is 3.50. The Kier molecular flexibility index (Phi) is 2.96. The predicted molar refractivity (Wildman–Crippen MR) is 62.8 cm³/mol. The van der Waals surface area contributed by atoms with Crippen LogP contribution in [0.5, 0.6) is 0 Å². The van der Waals surface area contributed by atoms with Gasteiger partial charge >= 0.3 is 0 Å². The molecule has 1 aliphatic rings. The van der Waals surface area contributed by atoms with Crippen molar-refractivity contribution in [3.8, 4) is 0 Å². The lowest BCUT2D eigenvalue weighted by Gasteiger charge is -2.20. The molecule has 3 heteroatoms. The number of rotatable bonds is 4. The van der Waals surface area contributed by atoms with Crippen molar-refractivity contribution in [2.75, 3.05) is 18.5 Å². The summed E-state index contributed by atoms with van der Waals surface area (Å²) in [5.41, 5.74) is 1.65. The first-order chi connectivity index (χ1) is 7.20. The first kappa shape index (κ1) is 10.5. The van der Waals surface area contributed by atoms with Crippen LogP contribution in [0.4, 0.5) is 5.69 Å². The molecule has 1 aromatic rings. The molecule has 80 valence electrons. The third-order valence-electron chi connectivity index (χ3n) is 2.76. The van der Waals surface area contributed by atoms with Crippen molar-refractivity contribution in [1.29, 1.82) is 0 Å². The second-order valence-corrected chi connectivity index (χ2v) is 4.58. The molecule has 0 bridgehead atoms. The second-order valence-electron chi connectivity index (χ2n) is 4.14. The number of carbonyl (C=O) groups is 1. The van der Waals surface area contributed by atoms with Crippen molar-refractivity contribution >= 4 is 23.6 Å². The van der Waals surface area contributed by atoms with E-state index in [0.717, 1.165) is 24.4 Å². The van der Waals surface area contributed by atoms with Crippen LogP contribution in [0.25, 0.3) is 0 Å². The Morgan fingerprint density at radius 1 is 1.53 bits per heavy atom.